The van der Waals surface area contributed by atoms with Crippen molar-refractivity contribution in [3.63, 3.8) is 0 Å². The van der Waals surface area contributed by atoms with Crippen molar-refractivity contribution < 1.29 is 9.13 Å². The largest absolute Gasteiger partial charge is 0.461 e. The van der Waals surface area contributed by atoms with Gasteiger partial charge in [-0.3, -0.25) is 0 Å². The Labute approximate surface area is 121 Å². The summed E-state index contributed by atoms with van der Waals surface area (Å²) in [5.74, 6) is -0.113. The molecular formula is C13H14ClFN4O. The maximum Gasteiger partial charge on any atom is 0.322 e. The predicted molar refractivity (Wildman–Crippen MR) is 75.0 cm³/mol. The van der Waals surface area contributed by atoms with Crippen LogP contribution in [-0.4, -0.2) is 21.1 Å². The first-order valence-electron chi connectivity index (χ1n) is 6.05. The van der Waals surface area contributed by atoms with Crippen molar-refractivity contribution in [1.82, 2.24) is 15.0 Å². The maximum atomic E-state index is 13.5. The molecule has 5 nitrogen and oxygen atoms in total. The molecule has 0 aliphatic rings. The van der Waals surface area contributed by atoms with E-state index < -0.39 is 0 Å². The second kappa shape index (κ2) is 6.00. The minimum absolute atomic E-state index is 0.00531. The highest BCUT2D eigenvalue weighted by molar-refractivity contribution is 6.28. The number of anilines is 2. The van der Waals surface area contributed by atoms with Crippen LogP contribution in [-0.2, 0) is 0 Å². The van der Waals surface area contributed by atoms with Crippen LogP contribution in [0, 0.1) is 12.7 Å². The second-order valence-corrected chi connectivity index (χ2v) is 4.80. The van der Waals surface area contributed by atoms with Gasteiger partial charge in [0.1, 0.15) is 5.82 Å². The van der Waals surface area contributed by atoms with Gasteiger partial charge >= 0.3 is 6.01 Å². The van der Waals surface area contributed by atoms with Crippen LogP contribution >= 0.6 is 11.6 Å². The third kappa shape index (κ3) is 3.77. The average Bonchev–Trinajstić information content (AvgIpc) is 2.32. The molecular weight excluding hydrogens is 283 g/mol. The van der Waals surface area contributed by atoms with Crippen LogP contribution < -0.4 is 10.1 Å². The van der Waals surface area contributed by atoms with Gasteiger partial charge in [0, 0.05) is 5.69 Å². The van der Waals surface area contributed by atoms with Gasteiger partial charge in [0.2, 0.25) is 11.2 Å². The topological polar surface area (TPSA) is 59.9 Å². The van der Waals surface area contributed by atoms with Crippen LogP contribution in [0.25, 0.3) is 0 Å². The zero-order chi connectivity index (χ0) is 14.7. The summed E-state index contributed by atoms with van der Waals surface area (Å²) in [4.78, 5) is 11.8. The molecule has 0 amide bonds. The number of nitrogens with one attached hydrogen (secondary N) is 1. The van der Waals surface area contributed by atoms with Crippen molar-refractivity contribution >= 4 is 23.2 Å². The van der Waals surface area contributed by atoms with E-state index >= 15 is 0 Å². The van der Waals surface area contributed by atoms with Gasteiger partial charge in [-0.2, -0.15) is 15.0 Å². The lowest BCUT2D eigenvalue weighted by atomic mass is 10.2. The Kier molecular flexibility index (Phi) is 4.34. The molecule has 0 saturated carbocycles. The Bertz CT molecular complexity index is 621. The molecule has 0 unspecified atom stereocenters. The normalized spacial score (nSPS) is 10.7. The molecule has 0 aliphatic heterocycles. The second-order valence-electron chi connectivity index (χ2n) is 4.47. The molecule has 1 aromatic carbocycles. The van der Waals surface area contributed by atoms with E-state index in [-0.39, 0.29) is 29.2 Å². The van der Waals surface area contributed by atoms with Crippen LogP contribution in [0.2, 0.25) is 5.28 Å². The molecule has 0 radical (unpaired) electrons. The molecule has 1 N–H and O–H groups in total. The minimum atomic E-state index is -0.311. The van der Waals surface area contributed by atoms with Gasteiger partial charge < -0.3 is 10.1 Å². The number of hydrogen-bond donors (Lipinski definition) is 1. The van der Waals surface area contributed by atoms with Gasteiger partial charge in [-0.25, -0.2) is 4.39 Å². The predicted octanol–water partition coefficient (Wildman–Crippen LogP) is 3.50. The number of halogens is 2. The zero-order valence-electron chi connectivity index (χ0n) is 11.3. The van der Waals surface area contributed by atoms with E-state index in [0.717, 1.165) is 0 Å². The number of nitrogens with zero attached hydrogens (tertiary/aromatic N) is 3. The third-order valence-corrected chi connectivity index (χ3v) is 2.53. The fourth-order valence-corrected chi connectivity index (χ4v) is 1.60. The summed E-state index contributed by atoms with van der Waals surface area (Å²) >= 11 is 5.80. The summed E-state index contributed by atoms with van der Waals surface area (Å²) in [6.45, 7) is 5.38. The molecule has 2 rings (SSSR count). The van der Waals surface area contributed by atoms with Crippen molar-refractivity contribution in [2.24, 2.45) is 0 Å². The summed E-state index contributed by atoms with van der Waals surface area (Å²) in [6, 6.07) is 4.86. The summed E-state index contributed by atoms with van der Waals surface area (Å²) in [7, 11) is 0. The molecule has 1 aromatic heterocycles. The molecule has 2 aromatic rings. The minimum Gasteiger partial charge on any atom is -0.461 e. The van der Waals surface area contributed by atoms with Gasteiger partial charge in [-0.05, 0) is 50.1 Å². The lowest BCUT2D eigenvalue weighted by Gasteiger charge is -2.10. The van der Waals surface area contributed by atoms with Crippen LogP contribution in [0.1, 0.15) is 19.4 Å². The van der Waals surface area contributed by atoms with Crippen molar-refractivity contribution in [3.8, 4) is 6.01 Å². The van der Waals surface area contributed by atoms with Crippen molar-refractivity contribution in [2.75, 3.05) is 5.32 Å². The molecule has 0 fully saturated rings. The van der Waals surface area contributed by atoms with E-state index in [1.54, 1.807) is 19.1 Å². The van der Waals surface area contributed by atoms with Crippen molar-refractivity contribution in [1.29, 1.82) is 0 Å². The smallest absolute Gasteiger partial charge is 0.322 e. The molecule has 0 saturated heterocycles. The first-order valence-corrected chi connectivity index (χ1v) is 6.43. The highest BCUT2D eigenvalue weighted by Gasteiger charge is 2.08. The molecule has 20 heavy (non-hydrogen) atoms. The standard InChI is InChI=1S/C13H14ClFN4O/c1-7(2)20-13-18-11(14)17-12(19-13)16-9-5-4-8(3)10(15)6-9/h4-7H,1-3H3,(H,16,17,18,19). The molecule has 1 heterocycles. The number of ether oxygens (including phenoxy) is 1. The van der Waals surface area contributed by atoms with Gasteiger partial charge in [0.05, 0.1) is 6.10 Å². The molecule has 106 valence electrons. The van der Waals surface area contributed by atoms with E-state index in [1.165, 1.54) is 6.07 Å². The van der Waals surface area contributed by atoms with Gasteiger partial charge in [0.15, 0.2) is 0 Å². The van der Waals surface area contributed by atoms with E-state index in [0.29, 0.717) is 11.3 Å². The average molecular weight is 297 g/mol. The molecule has 0 bridgehead atoms. The van der Waals surface area contributed by atoms with Crippen molar-refractivity contribution in [3.05, 3.63) is 34.9 Å². The summed E-state index contributed by atoms with van der Waals surface area (Å²) in [5, 5.41) is 2.87. The molecule has 0 atom stereocenters. The monoisotopic (exact) mass is 296 g/mol. The maximum absolute atomic E-state index is 13.5. The third-order valence-electron chi connectivity index (χ3n) is 2.36. The highest BCUT2D eigenvalue weighted by atomic mass is 35.5. The number of hydrogen-bond acceptors (Lipinski definition) is 5. The van der Waals surface area contributed by atoms with Crippen LogP contribution in [0.15, 0.2) is 18.2 Å². The summed E-state index contributed by atoms with van der Waals surface area (Å²) < 4.78 is 18.8. The summed E-state index contributed by atoms with van der Waals surface area (Å²) in [6.07, 6.45) is -0.0851. The molecule has 0 spiro atoms. The lowest BCUT2D eigenvalue weighted by molar-refractivity contribution is 0.222. The first kappa shape index (κ1) is 14.5. The Morgan fingerprint density at radius 1 is 1.25 bits per heavy atom. The zero-order valence-corrected chi connectivity index (χ0v) is 12.1. The first-order chi connectivity index (χ1) is 9.44. The van der Waals surface area contributed by atoms with Crippen LogP contribution in [0.4, 0.5) is 16.0 Å². The van der Waals surface area contributed by atoms with Crippen LogP contribution in [0.3, 0.4) is 0 Å². The number of aromatic nitrogens is 3. The number of rotatable bonds is 4. The van der Waals surface area contributed by atoms with Gasteiger partial charge in [0.25, 0.3) is 0 Å². The Morgan fingerprint density at radius 2 is 2.00 bits per heavy atom. The fourth-order valence-electron chi connectivity index (χ4n) is 1.45. The van der Waals surface area contributed by atoms with E-state index in [9.17, 15) is 4.39 Å². The quantitative estimate of drug-likeness (QED) is 0.935. The SMILES string of the molecule is Cc1ccc(Nc2nc(Cl)nc(OC(C)C)n2)cc1F. The van der Waals surface area contributed by atoms with Crippen molar-refractivity contribution in [2.45, 2.75) is 26.9 Å². The fraction of sp³-hybridized carbons (Fsp3) is 0.308. The number of aryl methyl sites for hydroxylation is 1. The highest BCUT2D eigenvalue weighted by Crippen LogP contribution is 2.19. The van der Waals surface area contributed by atoms with Crippen LogP contribution in [0.5, 0.6) is 6.01 Å². The van der Waals surface area contributed by atoms with Gasteiger partial charge in [-0.1, -0.05) is 6.07 Å². The molecule has 7 heteroatoms. The van der Waals surface area contributed by atoms with E-state index in [2.05, 4.69) is 20.3 Å². The Hall–Kier alpha value is -1.95. The van der Waals surface area contributed by atoms with Gasteiger partial charge in [-0.15, -0.1) is 0 Å². The number of benzene rings is 1. The summed E-state index contributed by atoms with van der Waals surface area (Å²) in [5.41, 5.74) is 1.08. The Balaban J connectivity index is 2.24. The molecule has 0 aliphatic carbocycles. The van der Waals surface area contributed by atoms with E-state index in [1.807, 2.05) is 13.8 Å². The Morgan fingerprint density at radius 3 is 2.65 bits per heavy atom. The lowest BCUT2D eigenvalue weighted by Crippen LogP contribution is -2.10. The van der Waals surface area contributed by atoms with E-state index in [4.69, 9.17) is 16.3 Å².